The Bertz CT molecular complexity index is 1080. The summed E-state index contributed by atoms with van der Waals surface area (Å²) in [6.45, 7) is 2.14. The number of hydrogen-bond acceptors (Lipinski definition) is 6. The first-order valence-corrected chi connectivity index (χ1v) is 10.2. The molecular formula is C19H18FN5OS. The molecule has 3 aromatic rings. The Morgan fingerprint density at radius 1 is 1.22 bits per heavy atom. The lowest BCUT2D eigenvalue weighted by molar-refractivity contribution is 0.331. The van der Waals surface area contributed by atoms with Crippen LogP contribution in [0.15, 0.2) is 35.4 Å². The quantitative estimate of drug-likeness (QED) is 0.691. The minimum atomic E-state index is -0.293. The highest BCUT2D eigenvalue weighted by Crippen LogP contribution is 2.30. The summed E-state index contributed by atoms with van der Waals surface area (Å²) in [4.78, 5) is 23.0. The summed E-state index contributed by atoms with van der Waals surface area (Å²) < 4.78 is 15.2. The van der Waals surface area contributed by atoms with E-state index in [2.05, 4.69) is 20.0 Å². The van der Waals surface area contributed by atoms with Crippen LogP contribution >= 0.6 is 11.8 Å². The van der Waals surface area contributed by atoms with E-state index in [1.54, 1.807) is 16.8 Å². The van der Waals surface area contributed by atoms with Gasteiger partial charge in [-0.1, -0.05) is 0 Å². The van der Waals surface area contributed by atoms with Crippen molar-refractivity contribution in [2.24, 2.45) is 5.92 Å². The molecular weight excluding hydrogens is 365 g/mol. The second kappa shape index (κ2) is 6.60. The minimum Gasteiger partial charge on any atom is -0.355 e. The number of halogens is 1. The maximum Gasteiger partial charge on any atom is 0.267 e. The maximum absolute atomic E-state index is 13.6. The van der Waals surface area contributed by atoms with Gasteiger partial charge in [0, 0.05) is 42.6 Å². The second-order valence-electron chi connectivity index (χ2n) is 7.07. The Morgan fingerprint density at radius 3 is 3.00 bits per heavy atom. The second-order valence-corrected chi connectivity index (χ2v) is 8.17. The first kappa shape index (κ1) is 16.7. The molecule has 0 spiro atoms. The van der Waals surface area contributed by atoms with Gasteiger partial charge in [-0.15, -0.1) is 0 Å². The van der Waals surface area contributed by atoms with Crippen LogP contribution in [0, 0.1) is 11.7 Å². The molecule has 0 atom stereocenters. The zero-order chi connectivity index (χ0) is 18.4. The van der Waals surface area contributed by atoms with Crippen molar-refractivity contribution in [1.82, 2.24) is 19.7 Å². The van der Waals surface area contributed by atoms with E-state index in [0.717, 1.165) is 59.0 Å². The van der Waals surface area contributed by atoms with Crippen molar-refractivity contribution in [3.05, 3.63) is 58.0 Å². The highest BCUT2D eigenvalue weighted by molar-refractivity contribution is 7.98. The summed E-state index contributed by atoms with van der Waals surface area (Å²) in [6.07, 6.45) is 2.44. The summed E-state index contributed by atoms with van der Waals surface area (Å²) in [5.41, 5.74) is 2.85. The first-order chi connectivity index (χ1) is 13.2. The first-order valence-electron chi connectivity index (χ1n) is 9.00. The van der Waals surface area contributed by atoms with Crippen LogP contribution in [0.4, 0.5) is 10.2 Å². The summed E-state index contributed by atoms with van der Waals surface area (Å²) in [5.74, 6) is 2.72. The van der Waals surface area contributed by atoms with Gasteiger partial charge in [-0.2, -0.15) is 16.9 Å². The Morgan fingerprint density at radius 2 is 2.11 bits per heavy atom. The molecule has 1 saturated heterocycles. The molecule has 4 heterocycles. The molecule has 0 N–H and O–H groups in total. The Balaban J connectivity index is 1.33. The fourth-order valence-electron chi connectivity index (χ4n) is 3.75. The molecule has 1 aromatic carbocycles. The Labute approximate surface area is 159 Å². The number of anilines is 1. The number of thioether (sulfide) groups is 1. The highest BCUT2D eigenvalue weighted by atomic mass is 32.2. The number of fused-ring (bicyclic) bond motifs is 2. The normalized spacial score (nSPS) is 17.0. The third kappa shape index (κ3) is 3.07. The molecule has 0 saturated carbocycles. The van der Waals surface area contributed by atoms with Gasteiger partial charge in [-0.05, 0) is 29.5 Å². The number of nitrogens with zero attached hydrogens (tertiary/aromatic N) is 5. The smallest absolute Gasteiger partial charge is 0.267 e. The average molecular weight is 383 g/mol. The van der Waals surface area contributed by atoms with Crippen molar-refractivity contribution >= 4 is 28.5 Å². The lowest BCUT2D eigenvalue weighted by Crippen LogP contribution is -2.50. The average Bonchev–Trinajstić information content (AvgIpc) is 2.64. The number of rotatable bonds is 3. The van der Waals surface area contributed by atoms with Gasteiger partial charge < -0.3 is 4.90 Å². The van der Waals surface area contributed by atoms with E-state index >= 15 is 0 Å². The van der Waals surface area contributed by atoms with Crippen molar-refractivity contribution in [1.29, 1.82) is 0 Å². The molecule has 5 rings (SSSR count). The van der Waals surface area contributed by atoms with Crippen molar-refractivity contribution in [3.8, 4) is 0 Å². The third-order valence-corrected chi connectivity index (χ3v) is 6.18. The molecule has 2 aliphatic heterocycles. The van der Waals surface area contributed by atoms with Crippen molar-refractivity contribution in [2.75, 3.05) is 23.7 Å². The summed E-state index contributed by atoms with van der Waals surface area (Å²) in [7, 11) is 0. The highest BCUT2D eigenvalue weighted by Gasteiger charge is 2.30. The van der Waals surface area contributed by atoms with Crippen LogP contribution < -0.4 is 10.5 Å². The van der Waals surface area contributed by atoms with E-state index < -0.39 is 0 Å². The van der Waals surface area contributed by atoms with Crippen LogP contribution in [-0.4, -0.2) is 38.6 Å². The molecule has 27 heavy (non-hydrogen) atoms. The molecule has 2 aromatic heterocycles. The zero-order valence-corrected chi connectivity index (χ0v) is 15.5. The van der Waals surface area contributed by atoms with E-state index in [-0.39, 0.29) is 11.4 Å². The lowest BCUT2D eigenvalue weighted by atomic mass is 9.99. The predicted octanol–water partition coefficient (Wildman–Crippen LogP) is 2.25. The molecule has 1 fully saturated rings. The van der Waals surface area contributed by atoms with Crippen molar-refractivity contribution in [2.45, 2.75) is 18.7 Å². The summed E-state index contributed by atoms with van der Waals surface area (Å²) in [5, 5.41) is 5.31. The van der Waals surface area contributed by atoms with Gasteiger partial charge in [0.2, 0.25) is 0 Å². The van der Waals surface area contributed by atoms with Crippen LogP contribution in [0.2, 0.25) is 0 Å². The third-order valence-electron chi connectivity index (χ3n) is 5.17. The number of aromatic nitrogens is 4. The SMILES string of the molecule is O=c1cc2c(nn1CC1CN(c3ncnc4ccc(F)cc34)C1)CCSC2. The van der Waals surface area contributed by atoms with Gasteiger partial charge in [-0.3, -0.25) is 4.79 Å². The van der Waals surface area contributed by atoms with E-state index in [9.17, 15) is 9.18 Å². The monoisotopic (exact) mass is 383 g/mol. The topological polar surface area (TPSA) is 63.9 Å². The molecule has 8 heteroatoms. The van der Waals surface area contributed by atoms with Crippen LogP contribution in [0.3, 0.4) is 0 Å². The Kier molecular flexibility index (Phi) is 4.07. The molecule has 0 amide bonds. The fourth-order valence-corrected chi connectivity index (χ4v) is 4.71. The maximum atomic E-state index is 13.6. The molecule has 0 unspecified atom stereocenters. The fraction of sp³-hybridized carbons (Fsp3) is 0.368. The standard InChI is InChI=1S/C19H18FN5OS/c20-14-1-2-17-15(6-14)19(22-11-21-17)24-7-12(8-24)9-25-18(26)5-13-10-27-4-3-16(13)23-25/h1-2,5-6,11-12H,3-4,7-10H2. The van der Waals surface area contributed by atoms with E-state index in [0.29, 0.717) is 12.5 Å². The summed E-state index contributed by atoms with van der Waals surface area (Å²) in [6, 6.07) is 6.30. The van der Waals surface area contributed by atoms with Gasteiger partial charge in [0.05, 0.1) is 17.8 Å². The predicted molar refractivity (Wildman–Crippen MR) is 104 cm³/mol. The molecule has 0 aliphatic carbocycles. The molecule has 138 valence electrons. The minimum absolute atomic E-state index is 0.0238. The zero-order valence-electron chi connectivity index (χ0n) is 14.6. The largest absolute Gasteiger partial charge is 0.355 e. The Hall–Kier alpha value is -2.48. The molecule has 0 bridgehead atoms. The summed E-state index contributed by atoms with van der Waals surface area (Å²) >= 11 is 1.85. The molecule has 2 aliphatic rings. The van der Waals surface area contributed by atoms with Gasteiger partial charge in [0.1, 0.15) is 18.0 Å². The van der Waals surface area contributed by atoms with Crippen LogP contribution in [0.1, 0.15) is 11.3 Å². The van der Waals surface area contributed by atoms with Gasteiger partial charge in [-0.25, -0.2) is 19.0 Å². The lowest BCUT2D eigenvalue weighted by Gasteiger charge is -2.40. The number of hydrogen-bond donors (Lipinski definition) is 0. The number of aryl methyl sites for hydroxylation is 1. The van der Waals surface area contributed by atoms with Crippen LogP contribution in [0.25, 0.3) is 10.9 Å². The molecule has 6 nitrogen and oxygen atoms in total. The van der Waals surface area contributed by atoms with E-state index in [4.69, 9.17) is 0 Å². The van der Waals surface area contributed by atoms with Gasteiger partial charge in [0.15, 0.2) is 0 Å². The van der Waals surface area contributed by atoms with Crippen LogP contribution in [0.5, 0.6) is 0 Å². The molecule has 0 radical (unpaired) electrons. The van der Waals surface area contributed by atoms with E-state index in [1.165, 1.54) is 18.5 Å². The van der Waals surface area contributed by atoms with E-state index in [1.807, 2.05) is 11.8 Å². The van der Waals surface area contributed by atoms with Crippen LogP contribution in [-0.2, 0) is 18.7 Å². The van der Waals surface area contributed by atoms with Gasteiger partial charge in [0.25, 0.3) is 5.56 Å². The number of benzene rings is 1. The van der Waals surface area contributed by atoms with Gasteiger partial charge >= 0.3 is 0 Å². The van der Waals surface area contributed by atoms with Crippen molar-refractivity contribution in [3.63, 3.8) is 0 Å². The van der Waals surface area contributed by atoms with Crippen molar-refractivity contribution < 1.29 is 4.39 Å².